The molecule has 1 aliphatic rings. The summed E-state index contributed by atoms with van der Waals surface area (Å²) in [5.41, 5.74) is 1.30. The van der Waals surface area contributed by atoms with E-state index in [9.17, 15) is 18.7 Å². The molecule has 1 N–H and O–H groups in total. The Labute approximate surface area is 165 Å². The van der Waals surface area contributed by atoms with Crippen LogP contribution in [0.1, 0.15) is 28.9 Å². The van der Waals surface area contributed by atoms with Gasteiger partial charge in [-0.05, 0) is 41.5 Å². The SMILES string of the molecule is CN1C(=O)C[C@H](c2ccccc2F)[C@@H]1C(O)c1ccc(-c2ccc(F)cc2)s1. The van der Waals surface area contributed by atoms with Crippen molar-refractivity contribution in [3.05, 3.63) is 82.7 Å². The van der Waals surface area contributed by atoms with Gasteiger partial charge in [-0.3, -0.25) is 4.79 Å². The van der Waals surface area contributed by atoms with E-state index < -0.39 is 18.1 Å². The number of hydrogen-bond donors (Lipinski definition) is 1. The van der Waals surface area contributed by atoms with Gasteiger partial charge in [-0.2, -0.15) is 0 Å². The number of aliphatic hydroxyl groups is 1. The predicted molar refractivity (Wildman–Crippen MR) is 105 cm³/mol. The normalized spacial score (nSPS) is 20.6. The third-order valence-corrected chi connectivity index (χ3v) is 6.53. The minimum atomic E-state index is -0.944. The van der Waals surface area contributed by atoms with Crippen LogP contribution in [0, 0.1) is 11.6 Å². The lowest BCUT2D eigenvalue weighted by Crippen LogP contribution is -2.36. The number of halogens is 2. The van der Waals surface area contributed by atoms with Crippen molar-refractivity contribution in [1.82, 2.24) is 4.90 Å². The second kappa shape index (κ2) is 7.45. The molecule has 1 saturated heterocycles. The van der Waals surface area contributed by atoms with E-state index in [4.69, 9.17) is 0 Å². The van der Waals surface area contributed by atoms with Gasteiger partial charge >= 0.3 is 0 Å². The number of benzene rings is 2. The smallest absolute Gasteiger partial charge is 0.223 e. The average Bonchev–Trinajstić information content (AvgIpc) is 3.28. The van der Waals surface area contributed by atoms with E-state index in [1.165, 1.54) is 34.4 Å². The fourth-order valence-corrected chi connectivity index (χ4v) is 4.88. The van der Waals surface area contributed by atoms with Gasteiger partial charge in [0.15, 0.2) is 0 Å². The lowest BCUT2D eigenvalue weighted by atomic mass is 9.88. The molecule has 1 aromatic heterocycles. The Morgan fingerprint density at radius 1 is 1.07 bits per heavy atom. The molecule has 144 valence electrons. The summed E-state index contributed by atoms with van der Waals surface area (Å²) in [7, 11) is 1.64. The van der Waals surface area contributed by atoms with E-state index in [-0.39, 0.29) is 24.0 Å². The molecule has 3 nitrogen and oxygen atoms in total. The highest BCUT2D eigenvalue weighted by Gasteiger charge is 2.44. The van der Waals surface area contributed by atoms with E-state index in [0.29, 0.717) is 10.4 Å². The first-order valence-corrected chi connectivity index (χ1v) is 9.81. The van der Waals surface area contributed by atoms with Crippen LogP contribution in [0.4, 0.5) is 8.78 Å². The van der Waals surface area contributed by atoms with E-state index in [0.717, 1.165) is 10.4 Å². The molecule has 3 atom stereocenters. The van der Waals surface area contributed by atoms with Crippen molar-refractivity contribution in [3.8, 4) is 10.4 Å². The lowest BCUT2D eigenvalue weighted by molar-refractivity contribution is -0.128. The second-order valence-corrected chi connectivity index (χ2v) is 8.10. The minimum Gasteiger partial charge on any atom is -0.385 e. The first kappa shape index (κ1) is 18.8. The van der Waals surface area contributed by atoms with Gasteiger partial charge in [0.1, 0.15) is 17.7 Å². The van der Waals surface area contributed by atoms with Crippen LogP contribution in [0.25, 0.3) is 10.4 Å². The van der Waals surface area contributed by atoms with Crippen molar-refractivity contribution in [2.24, 2.45) is 0 Å². The number of carbonyl (C=O) groups is 1. The number of carbonyl (C=O) groups excluding carboxylic acids is 1. The first-order chi connectivity index (χ1) is 13.5. The second-order valence-electron chi connectivity index (χ2n) is 6.98. The van der Waals surface area contributed by atoms with Crippen molar-refractivity contribution in [2.45, 2.75) is 24.5 Å². The molecule has 0 radical (unpaired) electrons. The van der Waals surface area contributed by atoms with Gasteiger partial charge in [0.05, 0.1) is 6.04 Å². The molecule has 2 aromatic carbocycles. The van der Waals surface area contributed by atoms with Gasteiger partial charge in [-0.25, -0.2) is 8.78 Å². The monoisotopic (exact) mass is 399 g/mol. The van der Waals surface area contributed by atoms with Gasteiger partial charge in [0, 0.05) is 29.1 Å². The first-order valence-electron chi connectivity index (χ1n) is 8.99. The molecule has 4 rings (SSSR count). The van der Waals surface area contributed by atoms with Crippen LogP contribution in [-0.4, -0.2) is 29.0 Å². The fraction of sp³-hybridized carbons (Fsp3) is 0.227. The maximum atomic E-state index is 14.4. The van der Waals surface area contributed by atoms with Gasteiger partial charge in [0.25, 0.3) is 0 Å². The molecular formula is C22H19F2NO2S. The lowest BCUT2D eigenvalue weighted by Gasteiger charge is -2.29. The molecule has 1 unspecified atom stereocenters. The maximum Gasteiger partial charge on any atom is 0.223 e. The van der Waals surface area contributed by atoms with E-state index >= 15 is 0 Å². The van der Waals surface area contributed by atoms with Crippen molar-refractivity contribution in [1.29, 1.82) is 0 Å². The minimum absolute atomic E-state index is 0.118. The Kier molecular flexibility index (Phi) is 5.00. The average molecular weight is 399 g/mol. The third kappa shape index (κ3) is 3.34. The standard InChI is InChI=1S/C22H19F2NO2S/c1-25-20(26)12-16(15-4-2-3-5-17(15)24)21(25)22(27)19-11-10-18(28-19)13-6-8-14(23)9-7-13/h2-11,16,21-22,27H,12H2,1H3/t16-,21-,22?/m1/s1. The van der Waals surface area contributed by atoms with Crippen LogP contribution in [0.5, 0.6) is 0 Å². The van der Waals surface area contributed by atoms with Crippen LogP contribution in [0.3, 0.4) is 0 Å². The molecule has 6 heteroatoms. The zero-order chi connectivity index (χ0) is 19.8. The Morgan fingerprint density at radius 3 is 2.50 bits per heavy atom. The van der Waals surface area contributed by atoms with E-state index in [1.54, 1.807) is 37.4 Å². The quantitative estimate of drug-likeness (QED) is 0.688. The molecular weight excluding hydrogens is 380 g/mol. The van der Waals surface area contributed by atoms with Crippen molar-refractivity contribution < 1.29 is 18.7 Å². The largest absolute Gasteiger partial charge is 0.385 e. The van der Waals surface area contributed by atoms with Gasteiger partial charge in [0.2, 0.25) is 5.91 Å². The predicted octanol–water partition coefficient (Wildman–Crippen LogP) is 4.74. The highest BCUT2D eigenvalue weighted by Crippen LogP contribution is 2.43. The van der Waals surface area contributed by atoms with Crippen LogP contribution < -0.4 is 0 Å². The van der Waals surface area contributed by atoms with E-state index in [1.807, 2.05) is 12.1 Å². The zero-order valence-electron chi connectivity index (χ0n) is 15.2. The Bertz CT molecular complexity index is 1000. The molecule has 0 spiro atoms. The van der Waals surface area contributed by atoms with Gasteiger partial charge < -0.3 is 10.0 Å². The number of nitrogens with zero attached hydrogens (tertiary/aromatic N) is 1. The molecule has 1 aliphatic heterocycles. The van der Waals surface area contributed by atoms with Crippen molar-refractivity contribution in [2.75, 3.05) is 7.05 Å². The number of likely N-dealkylation sites (N-methyl/N-ethyl adjacent to an activating group) is 1. The summed E-state index contributed by atoms with van der Waals surface area (Å²) in [5, 5.41) is 11.1. The highest BCUT2D eigenvalue weighted by atomic mass is 32.1. The summed E-state index contributed by atoms with van der Waals surface area (Å²) in [6.45, 7) is 0. The topological polar surface area (TPSA) is 40.5 Å². The summed E-state index contributed by atoms with van der Waals surface area (Å²) in [4.78, 5) is 15.4. The number of likely N-dealkylation sites (tertiary alicyclic amines) is 1. The third-order valence-electron chi connectivity index (χ3n) is 5.32. The number of amides is 1. The Balaban J connectivity index is 1.65. The molecule has 1 fully saturated rings. The number of rotatable bonds is 4. The summed E-state index contributed by atoms with van der Waals surface area (Å²) < 4.78 is 27.5. The molecule has 3 aromatic rings. The summed E-state index contributed by atoms with van der Waals surface area (Å²) >= 11 is 1.39. The van der Waals surface area contributed by atoms with Crippen molar-refractivity contribution in [3.63, 3.8) is 0 Å². The van der Waals surface area contributed by atoms with Crippen LogP contribution in [0.15, 0.2) is 60.7 Å². The van der Waals surface area contributed by atoms with Crippen LogP contribution >= 0.6 is 11.3 Å². The number of hydrogen-bond acceptors (Lipinski definition) is 3. The molecule has 0 bridgehead atoms. The van der Waals surface area contributed by atoms with Crippen LogP contribution in [-0.2, 0) is 4.79 Å². The molecule has 0 saturated carbocycles. The molecule has 2 heterocycles. The zero-order valence-corrected chi connectivity index (χ0v) is 16.0. The summed E-state index contributed by atoms with van der Waals surface area (Å²) in [5.74, 6) is -1.22. The Morgan fingerprint density at radius 2 is 1.79 bits per heavy atom. The summed E-state index contributed by atoms with van der Waals surface area (Å²) in [6, 6.07) is 15.7. The van der Waals surface area contributed by atoms with Crippen molar-refractivity contribution >= 4 is 17.2 Å². The maximum absolute atomic E-state index is 14.4. The summed E-state index contributed by atoms with van der Waals surface area (Å²) in [6.07, 6.45) is -0.782. The van der Waals surface area contributed by atoms with Gasteiger partial charge in [-0.15, -0.1) is 11.3 Å². The highest BCUT2D eigenvalue weighted by molar-refractivity contribution is 7.15. The van der Waals surface area contributed by atoms with Gasteiger partial charge in [-0.1, -0.05) is 30.3 Å². The van der Waals surface area contributed by atoms with Crippen LogP contribution in [0.2, 0.25) is 0 Å². The molecule has 28 heavy (non-hydrogen) atoms. The fourth-order valence-electron chi connectivity index (χ4n) is 3.84. The Hall–Kier alpha value is -2.57. The van der Waals surface area contributed by atoms with E-state index in [2.05, 4.69) is 0 Å². The molecule has 1 amide bonds. The number of aliphatic hydroxyl groups excluding tert-OH is 1. The molecule has 0 aliphatic carbocycles. The number of thiophene rings is 1.